The molecule has 0 aliphatic carbocycles. The average Bonchev–Trinajstić information content (AvgIpc) is 2.53. The van der Waals surface area contributed by atoms with Gasteiger partial charge in [0.2, 0.25) is 0 Å². The number of rotatable bonds is 4. The highest BCUT2D eigenvalue weighted by atomic mass is 19.1. The van der Waals surface area contributed by atoms with Gasteiger partial charge in [-0.1, -0.05) is 24.3 Å². The third kappa shape index (κ3) is 3.23. The van der Waals surface area contributed by atoms with Crippen molar-refractivity contribution in [3.05, 3.63) is 71.8 Å². The normalized spacial score (nSPS) is 12.5. The number of nitrogens with zero attached hydrogens (tertiary/aromatic N) is 2. The maximum atomic E-state index is 12.9. The quantitative estimate of drug-likeness (QED) is 0.793. The van der Waals surface area contributed by atoms with Gasteiger partial charge in [-0.2, -0.15) is 0 Å². The second-order valence-electron chi connectivity index (χ2n) is 5.00. The Hall–Kier alpha value is -2.33. The third-order valence-electron chi connectivity index (χ3n) is 3.46. The van der Waals surface area contributed by atoms with Crippen LogP contribution in [-0.4, -0.2) is 9.97 Å². The van der Waals surface area contributed by atoms with Gasteiger partial charge in [-0.05, 0) is 36.8 Å². The molecule has 1 heterocycles. The van der Waals surface area contributed by atoms with Crippen molar-refractivity contribution in [1.29, 1.82) is 0 Å². The van der Waals surface area contributed by atoms with Gasteiger partial charge in [-0.25, -0.2) is 9.37 Å². The minimum absolute atomic E-state index is 0.124. The lowest BCUT2D eigenvalue weighted by molar-refractivity contribution is 0.564. The summed E-state index contributed by atoms with van der Waals surface area (Å²) in [5.74, 6) is -0.216. The van der Waals surface area contributed by atoms with E-state index in [0.29, 0.717) is 6.54 Å². The van der Waals surface area contributed by atoms with Crippen molar-refractivity contribution < 1.29 is 4.39 Å². The molecule has 0 aliphatic rings. The number of nitrogens with one attached hydrogen (secondary N) is 1. The highest BCUT2D eigenvalue weighted by molar-refractivity contribution is 5.73. The van der Waals surface area contributed by atoms with E-state index in [1.807, 2.05) is 31.2 Å². The molecule has 106 valence electrons. The van der Waals surface area contributed by atoms with E-state index in [4.69, 9.17) is 0 Å². The van der Waals surface area contributed by atoms with Gasteiger partial charge in [0, 0.05) is 12.6 Å². The molecular weight excluding hydrogens is 265 g/mol. The molecule has 0 aliphatic heterocycles. The lowest BCUT2D eigenvalue weighted by atomic mass is 10.1. The topological polar surface area (TPSA) is 37.8 Å². The molecule has 2 aromatic carbocycles. The van der Waals surface area contributed by atoms with Crippen LogP contribution in [0.4, 0.5) is 4.39 Å². The van der Waals surface area contributed by atoms with Crippen molar-refractivity contribution in [3.8, 4) is 0 Å². The fraction of sp³-hybridized carbons (Fsp3) is 0.176. The van der Waals surface area contributed by atoms with Gasteiger partial charge in [-0.15, -0.1) is 0 Å². The first-order valence-electron chi connectivity index (χ1n) is 6.92. The highest BCUT2D eigenvalue weighted by Crippen LogP contribution is 2.14. The predicted octanol–water partition coefficient (Wildman–Crippen LogP) is 3.62. The minimum Gasteiger partial charge on any atom is -0.305 e. The number of fused-ring (bicyclic) bond motifs is 1. The van der Waals surface area contributed by atoms with E-state index in [1.54, 1.807) is 18.3 Å². The Kier molecular flexibility index (Phi) is 3.88. The smallest absolute Gasteiger partial charge is 0.123 e. The van der Waals surface area contributed by atoms with E-state index in [2.05, 4.69) is 15.3 Å². The first-order chi connectivity index (χ1) is 10.2. The zero-order valence-corrected chi connectivity index (χ0v) is 11.8. The fourth-order valence-electron chi connectivity index (χ4n) is 2.21. The van der Waals surface area contributed by atoms with Gasteiger partial charge < -0.3 is 5.32 Å². The molecule has 0 saturated carbocycles. The largest absolute Gasteiger partial charge is 0.305 e. The number of hydrogen-bond donors (Lipinski definition) is 1. The van der Waals surface area contributed by atoms with Crippen LogP contribution in [0, 0.1) is 5.82 Å². The molecule has 1 N–H and O–H groups in total. The second kappa shape index (κ2) is 5.97. The molecule has 4 heteroatoms. The molecule has 21 heavy (non-hydrogen) atoms. The van der Waals surface area contributed by atoms with Crippen LogP contribution in [0.2, 0.25) is 0 Å². The molecule has 3 aromatic rings. The molecular formula is C17H16FN3. The van der Waals surface area contributed by atoms with Gasteiger partial charge in [0.05, 0.1) is 22.9 Å². The zero-order valence-electron chi connectivity index (χ0n) is 11.8. The maximum absolute atomic E-state index is 12.9. The molecule has 0 bridgehead atoms. The van der Waals surface area contributed by atoms with Gasteiger partial charge >= 0.3 is 0 Å². The van der Waals surface area contributed by atoms with Crippen LogP contribution in [0.15, 0.2) is 54.7 Å². The lowest BCUT2D eigenvalue weighted by Crippen LogP contribution is -2.19. The van der Waals surface area contributed by atoms with Gasteiger partial charge in [0.15, 0.2) is 0 Å². The Balaban J connectivity index is 1.69. The molecule has 0 fully saturated rings. The Morgan fingerprint density at radius 2 is 1.76 bits per heavy atom. The summed E-state index contributed by atoms with van der Waals surface area (Å²) in [5.41, 5.74) is 3.73. The van der Waals surface area contributed by atoms with Crippen LogP contribution in [-0.2, 0) is 6.54 Å². The van der Waals surface area contributed by atoms with Crippen molar-refractivity contribution in [1.82, 2.24) is 15.3 Å². The number of halogens is 1. The zero-order chi connectivity index (χ0) is 14.7. The van der Waals surface area contributed by atoms with Crippen molar-refractivity contribution in [2.75, 3.05) is 0 Å². The summed E-state index contributed by atoms with van der Waals surface area (Å²) in [7, 11) is 0. The van der Waals surface area contributed by atoms with E-state index in [-0.39, 0.29) is 11.9 Å². The average molecular weight is 281 g/mol. The number of hydrogen-bond acceptors (Lipinski definition) is 3. The standard InChI is InChI=1S/C17H16FN3/c1-12(13-6-8-14(18)9-7-13)19-10-15-11-20-16-4-2-3-5-17(16)21-15/h2-9,11-12,19H,10H2,1H3/t12-/m1/s1. The molecule has 3 rings (SSSR count). The van der Waals surface area contributed by atoms with E-state index >= 15 is 0 Å². The summed E-state index contributed by atoms with van der Waals surface area (Å²) in [6.45, 7) is 2.66. The van der Waals surface area contributed by atoms with E-state index < -0.39 is 0 Å². The van der Waals surface area contributed by atoms with Crippen LogP contribution in [0.25, 0.3) is 11.0 Å². The predicted molar refractivity (Wildman–Crippen MR) is 81.2 cm³/mol. The Morgan fingerprint density at radius 1 is 1.05 bits per heavy atom. The summed E-state index contributed by atoms with van der Waals surface area (Å²) in [4.78, 5) is 8.96. The molecule has 0 amide bonds. The molecule has 3 nitrogen and oxygen atoms in total. The molecule has 1 aromatic heterocycles. The van der Waals surface area contributed by atoms with Gasteiger partial charge in [-0.3, -0.25) is 4.98 Å². The fourth-order valence-corrected chi connectivity index (χ4v) is 2.21. The minimum atomic E-state index is -0.216. The molecule has 0 unspecified atom stereocenters. The number of para-hydroxylation sites is 2. The van der Waals surface area contributed by atoms with Gasteiger partial charge in [0.1, 0.15) is 5.82 Å². The van der Waals surface area contributed by atoms with E-state index in [0.717, 1.165) is 22.3 Å². The van der Waals surface area contributed by atoms with Crippen LogP contribution in [0.1, 0.15) is 24.2 Å². The number of aromatic nitrogens is 2. The van der Waals surface area contributed by atoms with Crippen LogP contribution >= 0.6 is 0 Å². The van der Waals surface area contributed by atoms with Crippen molar-refractivity contribution in [2.24, 2.45) is 0 Å². The highest BCUT2D eigenvalue weighted by Gasteiger charge is 2.06. The Bertz CT molecular complexity index is 740. The summed E-state index contributed by atoms with van der Waals surface area (Å²) in [6.07, 6.45) is 1.78. The molecule has 1 atom stereocenters. The Morgan fingerprint density at radius 3 is 2.52 bits per heavy atom. The summed E-state index contributed by atoms with van der Waals surface area (Å²) >= 11 is 0. The number of benzene rings is 2. The lowest BCUT2D eigenvalue weighted by Gasteiger charge is -2.14. The van der Waals surface area contributed by atoms with Crippen molar-refractivity contribution in [3.63, 3.8) is 0 Å². The van der Waals surface area contributed by atoms with E-state index in [1.165, 1.54) is 12.1 Å². The maximum Gasteiger partial charge on any atom is 0.123 e. The summed E-state index contributed by atoms with van der Waals surface area (Å²) in [6, 6.07) is 14.5. The Labute approximate surface area is 122 Å². The van der Waals surface area contributed by atoms with E-state index in [9.17, 15) is 4.39 Å². The first kappa shape index (κ1) is 13.6. The molecule has 0 saturated heterocycles. The van der Waals surface area contributed by atoms with Crippen molar-refractivity contribution >= 4 is 11.0 Å². The second-order valence-corrected chi connectivity index (χ2v) is 5.00. The van der Waals surface area contributed by atoms with Crippen LogP contribution in [0.5, 0.6) is 0 Å². The SMILES string of the molecule is C[C@@H](NCc1cnc2ccccc2n1)c1ccc(F)cc1. The van der Waals surface area contributed by atoms with Gasteiger partial charge in [0.25, 0.3) is 0 Å². The molecule has 0 spiro atoms. The third-order valence-corrected chi connectivity index (χ3v) is 3.46. The monoisotopic (exact) mass is 281 g/mol. The van der Waals surface area contributed by atoms with Crippen LogP contribution < -0.4 is 5.32 Å². The summed E-state index contributed by atoms with van der Waals surface area (Å²) < 4.78 is 12.9. The van der Waals surface area contributed by atoms with Crippen molar-refractivity contribution in [2.45, 2.75) is 19.5 Å². The van der Waals surface area contributed by atoms with Crippen LogP contribution in [0.3, 0.4) is 0 Å². The molecule has 0 radical (unpaired) electrons. The summed E-state index contributed by atoms with van der Waals surface area (Å²) in [5, 5.41) is 3.37. The first-order valence-corrected chi connectivity index (χ1v) is 6.92.